The van der Waals surface area contributed by atoms with Crippen LogP contribution in [0.3, 0.4) is 0 Å². The molecule has 0 saturated heterocycles. The summed E-state index contributed by atoms with van der Waals surface area (Å²) in [5.41, 5.74) is 9.28. The Labute approximate surface area is 313 Å². The number of primary amides is 1. The number of aromatic nitrogens is 5. The Kier molecular flexibility index (Phi) is 13.7. The molecule has 2 heterocycles. The smallest absolute Gasteiger partial charge is 0.475 e. The largest absolute Gasteiger partial charge is 0.490 e. The standard InChI is InChI=1S/C34H39ClN8O4.C2HF3O2/c1-34(2,3)47-33(46)38-19-22-6-10-25(11-7-22)32(45)43(26-14-12-24(13-15-26)31-39-41-42-40-31)29(30(36)44)18-21-4-8-23(9-5-21)27-16-17-37-20-28(27)35;3-2(4,5)1(6)7/h4-5,8-9,12-17,20,22,25,29H,6-7,10-11,18-19H2,1-3H3,(H2,36,44)(H,38,46)(H,39,40,41,42);(H,6,7)/t22?,25?,29-;/m0./s1. The molecular formula is C36H40ClF3N8O6. The van der Waals surface area contributed by atoms with Crippen LogP contribution in [0.1, 0.15) is 52.0 Å². The quantitative estimate of drug-likeness (QED) is 0.148. The van der Waals surface area contributed by atoms with Crippen LogP contribution >= 0.6 is 11.6 Å². The number of pyridine rings is 1. The molecule has 5 N–H and O–H groups in total. The highest BCUT2D eigenvalue weighted by Crippen LogP contribution is 2.34. The van der Waals surface area contributed by atoms with Crippen LogP contribution in [-0.2, 0) is 25.5 Å². The first-order chi connectivity index (χ1) is 25.4. The molecule has 0 unspecified atom stereocenters. The van der Waals surface area contributed by atoms with Crippen molar-refractivity contribution in [3.8, 4) is 22.5 Å². The number of nitrogens with two attached hydrogens (primary N) is 1. The molecule has 5 rings (SSSR count). The highest BCUT2D eigenvalue weighted by Gasteiger charge is 2.38. The van der Waals surface area contributed by atoms with E-state index < -0.39 is 35.8 Å². The summed E-state index contributed by atoms with van der Waals surface area (Å²) >= 11 is 6.34. The first-order valence-electron chi connectivity index (χ1n) is 16.8. The molecule has 1 saturated carbocycles. The minimum atomic E-state index is -5.08. The van der Waals surface area contributed by atoms with Gasteiger partial charge in [0.25, 0.3) is 0 Å². The Morgan fingerprint density at radius 1 is 1.00 bits per heavy atom. The molecule has 3 amide bonds. The number of alkyl carbamates (subject to hydrolysis) is 1. The highest BCUT2D eigenvalue weighted by atomic mass is 35.5. The second-order valence-corrected chi connectivity index (χ2v) is 14.0. The molecule has 2 aromatic carbocycles. The van der Waals surface area contributed by atoms with Gasteiger partial charge in [-0.05, 0) is 99.0 Å². The van der Waals surface area contributed by atoms with Crippen molar-refractivity contribution < 1.29 is 42.2 Å². The van der Waals surface area contributed by atoms with Gasteiger partial charge in [0, 0.05) is 48.1 Å². The summed E-state index contributed by atoms with van der Waals surface area (Å²) in [6.45, 7) is 5.94. The number of aromatic amines is 1. The first kappa shape index (κ1) is 41.2. The molecule has 1 aliphatic carbocycles. The second kappa shape index (κ2) is 18.0. The van der Waals surface area contributed by atoms with E-state index in [2.05, 4.69) is 30.9 Å². The molecule has 2 aromatic heterocycles. The molecule has 1 fully saturated rings. The van der Waals surface area contributed by atoms with Crippen LogP contribution in [-0.4, -0.2) is 79.0 Å². The van der Waals surface area contributed by atoms with E-state index in [1.54, 1.807) is 41.6 Å². The maximum atomic E-state index is 14.3. The number of hydrogen-bond acceptors (Lipinski definition) is 9. The minimum Gasteiger partial charge on any atom is -0.475 e. The molecule has 0 bridgehead atoms. The van der Waals surface area contributed by atoms with Crippen molar-refractivity contribution in [2.75, 3.05) is 11.4 Å². The lowest BCUT2D eigenvalue weighted by Gasteiger charge is -2.36. The van der Waals surface area contributed by atoms with Crippen LogP contribution in [0.2, 0.25) is 5.02 Å². The monoisotopic (exact) mass is 772 g/mol. The number of H-pyrrole nitrogens is 1. The fourth-order valence-corrected chi connectivity index (χ4v) is 6.07. The van der Waals surface area contributed by atoms with Crippen molar-refractivity contribution >= 4 is 41.2 Å². The number of tetrazole rings is 1. The SMILES string of the molecule is CC(C)(C)OC(=O)NCC1CCC(C(=O)N(c2ccc(-c3nn[nH]n3)cc2)[C@@H](Cc2ccc(-c3ccncc3Cl)cc2)C(N)=O)CC1.O=C(O)C(F)(F)F. The molecule has 54 heavy (non-hydrogen) atoms. The number of nitrogens with zero attached hydrogens (tertiary/aromatic N) is 5. The molecule has 4 aromatic rings. The molecule has 1 aliphatic rings. The number of hydrogen-bond donors (Lipinski definition) is 4. The third-order valence-corrected chi connectivity index (χ3v) is 8.77. The van der Waals surface area contributed by atoms with Crippen molar-refractivity contribution in [2.45, 2.75) is 70.7 Å². The van der Waals surface area contributed by atoms with E-state index in [0.29, 0.717) is 41.5 Å². The van der Waals surface area contributed by atoms with E-state index in [1.807, 2.05) is 51.1 Å². The number of carboxylic acids is 1. The van der Waals surface area contributed by atoms with Gasteiger partial charge in [-0.25, -0.2) is 9.59 Å². The van der Waals surface area contributed by atoms with Gasteiger partial charge in [0.15, 0.2) is 0 Å². The van der Waals surface area contributed by atoms with E-state index in [1.165, 1.54) is 0 Å². The van der Waals surface area contributed by atoms with Gasteiger partial charge in [0.1, 0.15) is 11.6 Å². The summed E-state index contributed by atoms with van der Waals surface area (Å²) < 4.78 is 37.1. The number of benzene rings is 2. The third kappa shape index (κ3) is 11.7. The number of carboxylic acid groups (broad SMARTS) is 1. The number of carbonyl (C=O) groups excluding carboxylic acids is 3. The molecule has 0 aliphatic heterocycles. The number of aliphatic carboxylic acids is 1. The van der Waals surface area contributed by atoms with Crippen molar-refractivity contribution in [1.29, 1.82) is 0 Å². The fraction of sp³-hybridized carbons (Fsp3) is 0.389. The molecule has 288 valence electrons. The van der Waals surface area contributed by atoms with Gasteiger partial charge in [-0.15, -0.1) is 10.2 Å². The van der Waals surface area contributed by atoms with Crippen LogP contribution in [0.25, 0.3) is 22.5 Å². The number of anilines is 1. The Morgan fingerprint density at radius 3 is 2.13 bits per heavy atom. The van der Waals surface area contributed by atoms with Gasteiger partial charge in [-0.2, -0.15) is 18.4 Å². The van der Waals surface area contributed by atoms with Gasteiger partial charge in [-0.1, -0.05) is 35.9 Å². The normalized spacial score (nSPS) is 16.3. The van der Waals surface area contributed by atoms with Gasteiger partial charge < -0.3 is 20.9 Å². The van der Waals surface area contributed by atoms with Crippen molar-refractivity contribution in [1.82, 2.24) is 30.9 Å². The predicted molar refractivity (Wildman–Crippen MR) is 192 cm³/mol. The maximum Gasteiger partial charge on any atom is 0.490 e. The van der Waals surface area contributed by atoms with E-state index in [4.69, 9.17) is 32.0 Å². The zero-order valence-corrected chi connectivity index (χ0v) is 30.4. The number of carbonyl (C=O) groups is 4. The Morgan fingerprint density at radius 2 is 1.61 bits per heavy atom. The van der Waals surface area contributed by atoms with Gasteiger partial charge in [0.2, 0.25) is 17.6 Å². The summed E-state index contributed by atoms with van der Waals surface area (Å²) in [6.07, 6.45) is 0.672. The van der Waals surface area contributed by atoms with Crippen molar-refractivity contribution in [2.24, 2.45) is 17.6 Å². The summed E-state index contributed by atoms with van der Waals surface area (Å²) in [7, 11) is 0. The van der Waals surface area contributed by atoms with Gasteiger partial charge >= 0.3 is 18.2 Å². The van der Waals surface area contributed by atoms with Gasteiger partial charge in [0.05, 0.1) is 5.02 Å². The topological polar surface area (TPSA) is 206 Å². The second-order valence-electron chi connectivity index (χ2n) is 13.6. The number of amides is 3. The lowest BCUT2D eigenvalue weighted by molar-refractivity contribution is -0.192. The van der Waals surface area contributed by atoms with Crippen LogP contribution in [0, 0.1) is 11.8 Å². The highest BCUT2D eigenvalue weighted by molar-refractivity contribution is 6.33. The fourth-order valence-electron chi connectivity index (χ4n) is 5.84. The number of rotatable bonds is 10. The van der Waals surface area contributed by atoms with Crippen LogP contribution in [0.5, 0.6) is 0 Å². The molecular weight excluding hydrogens is 733 g/mol. The molecule has 1 atom stereocenters. The minimum absolute atomic E-state index is 0.167. The van der Waals surface area contributed by atoms with E-state index in [0.717, 1.165) is 29.5 Å². The van der Waals surface area contributed by atoms with Crippen LogP contribution in [0.4, 0.5) is 23.7 Å². The van der Waals surface area contributed by atoms with Crippen molar-refractivity contribution in [3.05, 3.63) is 77.6 Å². The maximum absolute atomic E-state index is 14.3. The summed E-state index contributed by atoms with van der Waals surface area (Å²) in [6, 6.07) is 15.7. The third-order valence-electron chi connectivity index (χ3n) is 8.47. The summed E-state index contributed by atoms with van der Waals surface area (Å²) in [5.74, 6) is -3.23. The number of alkyl halides is 3. The van der Waals surface area contributed by atoms with Crippen LogP contribution < -0.4 is 16.0 Å². The van der Waals surface area contributed by atoms with Crippen LogP contribution in [0.15, 0.2) is 67.0 Å². The first-order valence-corrected chi connectivity index (χ1v) is 17.2. The average Bonchev–Trinajstić information content (AvgIpc) is 3.66. The molecule has 18 heteroatoms. The van der Waals surface area contributed by atoms with Gasteiger partial charge in [-0.3, -0.25) is 19.5 Å². The zero-order valence-electron chi connectivity index (χ0n) is 29.6. The average molecular weight is 773 g/mol. The zero-order chi connectivity index (χ0) is 39.6. The summed E-state index contributed by atoms with van der Waals surface area (Å²) in [4.78, 5) is 54.1. The lowest BCUT2D eigenvalue weighted by atomic mass is 9.81. The number of ether oxygens (including phenoxy) is 1. The summed E-state index contributed by atoms with van der Waals surface area (Å²) in [5, 5.41) is 24.6. The Bertz CT molecular complexity index is 1880. The Balaban J connectivity index is 0.000000845. The number of halogens is 4. The predicted octanol–water partition coefficient (Wildman–Crippen LogP) is 5.98. The van der Waals surface area contributed by atoms with E-state index >= 15 is 0 Å². The Hall–Kier alpha value is -5.58. The molecule has 0 spiro atoms. The molecule has 0 radical (unpaired) electrons. The van der Waals surface area contributed by atoms with Crippen molar-refractivity contribution in [3.63, 3.8) is 0 Å². The number of nitrogens with one attached hydrogen (secondary N) is 2. The lowest BCUT2D eigenvalue weighted by Crippen LogP contribution is -2.52. The van der Waals surface area contributed by atoms with E-state index in [9.17, 15) is 27.6 Å². The van der Waals surface area contributed by atoms with E-state index in [-0.39, 0.29) is 24.2 Å². The molecule has 14 nitrogen and oxygen atoms in total.